The average Bonchev–Trinajstić information content (AvgIpc) is 3.86. The standard InChI is InChI=1S/C43H26N2O2S/c1-3-11-28(12-4-1)43-44-41-36(47-43)26-25-35-40(41)33-17-9-16-31(42(33)46-35)27-21-23-30(24-22-27)45(29-13-5-2-6-14-29)34-18-10-20-38-39(34)32-15-7-8-19-37(32)48-38/h1-26H. The Morgan fingerprint density at radius 1 is 0.479 bits per heavy atom. The molecule has 0 saturated carbocycles. The highest BCUT2D eigenvalue weighted by Crippen LogP contribution is 2.45. The quantitative estimate of drug-likeness (QED) is 0.189. The van der Waals surface area contributed by atoms with Crippen LogP contribution in [0.15, 0.2) is 167 Å². The van der Waals surface area contributed by atoms with E-state index in [4.69, 9.17) is 13.8 Å². The fraction of sp³-hybridized carbons (Fsp3) is 0. The summed E-state index contributed by atoms with van der Waals surface area (Å²) in [4.78, 5) is 7.29. The van der Waals surface area contributed by atoms with Crippen molar-refractivity contribution in [1.29, 1.82) is 0 Å². The molecule has 0 aliphatic rings. The van der Waals surface area contributed by atoms with E-state index in [1.54, 1.807) is 0 Å². The maximum atomic E-state index is 6.57. The SMILES string of the molecule is c1ccc(-c2nc3c(ccc4oc5c(-c6ccc(N(c7ccccc7)c7cccc8sc9ccccc9c78)cc6)cccc5c43)o2)cc1. The highest BCUT2D eigenvalue weighted by atomic mass is 32.1. The summed E-state index contributed by atoms with van der Waals surface area (Å²) in [6, 6.07) is 55.0. The van der Waals surface area contributed by atoms with Gasteiger partial charge in [-0.2, -0.15) is 0 Å². The first-order chi connectivity index (χ1) is 23.8. The number of para-hydroxylation sites is 2. The molecule has 0 radical (unpaired) electrons. The van der Waals surface area contributed by atoms with Crippen LogP contribution in [0.25, 0.3) is 75.8 Å². The fourth-order valence-electron chi connectivity index (χ4n) is 6.94. The van der Waals surface area contributed by atoms with Crippen molar-refractivity contribution in [2.75, 3.05) is 4.90 Å². The topological polar surface area (TPSA) is 42.4 Å². The Bertz CT molecular complexity index is 2780. The summed E-state index contributed by atoms with van der Waals surface area (Å²) in [7, 11) is 0. The molecule has 0 fully saturated rings. The lowest BCUT2D eigenvalue weighted by Crippen LogP contribution is -2.10. The van der Waals surface area contributed by atoms with E-state index in [0.29, 0.717) is 5.89 Å². The van der Waals surface area contributed by atoms with Crippen molar-refractivity contribution in [1.82, 2.24) is 4.98 Å². The smallest absolute Gasteiger partial charge is 0.227 e. The zero-order valence-electron chi connectivity index (χ0n) is 25.6. The number of hydrogen-bond acceptors (Lipinski definition) is 5. The van der Waals surface area contributed by atoms with Crippen molar-refractivity contribution >= 4 is 81.6 Å². The van der Waals surface area contributed by atoms with Crippen LogP contribution in [0.1, 0.15) is 0 Å². The predicted molar refractivity (Wildman–Crippen MR) is 200 cm³/mol. The molecule has 0 aliphatic carbocycles. The minimum Gasteiger partial charge on any atom is -0.455 e. The highest BCUT2D eigenvalue weighted by molar-refractivity contribution is 7.26. The molecular weight excluding hydrogens is 609 g/mol. The van der Waals surface area contributed by atoms with E-state index in [9.17, 15) is 0 Å². The summed E-state index contributed by atoms with van der Waals surface area (Å²) in [5.41, 5.74) is 9.61. The molecule has 0 unspecified atom stereocenters. The van der Waals surface area contributed by atoms with Crippen LogP contribution in [0.2, 0.25) is 0 Å². The number of rotatable bonds is 5. The number of furan rings is 1. The minimum atomic E-state index is 0.605. The van der Waals surface area contributed by atoms with Crippen molar-refractivity contribution in [2.45, 2.75) is 0 Å². The Morgan fingerprint density at radius 3 is 2.02 bits per heavy atom. The summed E-state index contributed by atoms with van der Waals surface area (Å²) in [6.45, 7) is 0. The molecule has 48 heavy (non-hydrogen) atoms. The third-order valence-corrected chi connectivity index (χ3v) is 10.2. The number of benzene rings is 7. The Kier molecular flexibility index (Phi) is 6.01. The lowest BCUT2D eigenvalue weighted by molar-refractivity contribution is 0.619. The summed E-state index contributed by atoms with van der Waals surface area (Å²) in [6.07, 6.45) is 0. The van der Waals surface area contributed by atoms with Gasteiger partial charge in [0.25, 0.3) is 0 Å². The average molecular weight is 635 g/mol. The van der Waals surface area contributed by atoms with Gasteiger partial charge in [-0.25, -0.2) is 4.98 Å². The van der Waals surface area contributed by atoms with Crippen LogP contribution in [0.3, 0.4) is 0 Å². The molecular formula is C43H26N2O2S. The lowest BCUT2D eigenvalue weighted by atomic mass is 10.0. The zero-order chi connectivity index (χ0) is 31.6. The van der Waals surface area contributed by atoms with Crippen LogP contribution < -0.4 is 4.90 Å². The Morgan fingerprint density at radius 2 is 1.17 bits per heavy atom. The van der Waals surface area contributed by atoms with Gasteiger partial charge in [-0.3, -0.25) is 0 Å². The largest absolute Gasteiger partial charge is 0.455 e. The van der Waals surface area contributed by atoms with Crippen LogP contribution in [0.5, 0.6) is 0 Å². The van der Waals surface area contributed by atoms with Crippen LogP contribution in [0, 0.1) is 0 Å². The van der Waals surface area contributed by atoms with Crippen LogP contribution >= 0.6 is 11.3 Å². The first-order valence-corrected chi connectivity index (χ1v) is 16.8. The monoisotopic (exact) mass is 634 g/mol. The van der Waals surface area contributed by atoms with Gasteiger partial charge in [0.1, 0.15) is 16.7 Å². The maximum Gasteiger partial charge on any atom is 0.227 e. The Labute approximate surface area is 279 Å². The van der Waals surface area contributed by atoms with Gasteiger partial charge in [0.05, 0.1) is 11.1 Å². The first kappa shape index (κ1) is 27.0. The minimum absolute atomic E-state index is 0.605. The number of aromatic nitrogens is 1. The summed E-state index contributed by atoms with van der Waals surface area (Å²) < 4.78 is 15.3. The van der Waals surface area contributed by atoms with E-state index in [1.165, 1.54) is 20.2 Å². The molecule has 3 aromatic heterocycles. The molecule has 226 valence electrons. The second kappa shape index (κ2) is 10.7. The number of hydrogen-bond donors (Lipinski definition) is 0. The Balaban J connectivity index is 1.11. The molecule has 0 aliphatic heterocycles. The molecule has 10 rings (SSSR count). The van der Waals surface area contributed by atoms with E-state index < -0.39 is 0 Å². The number of oxazole rings is 1. The van der Waals surface area contributed by atoms with Gasteiger partial charge in [0.2, 0.25) is 5.89 Å². The number of thiophene rings is 1. The van der Waals surface area contributed by atoms with Gasteiger partial charge < -0.3 is 13.7 Å². The van der Waals surface area contributed by atoms with E-state index in [2.05, 4.69) is 120 Å². The molecule has 0 atom stereocenters. The van der Waals surface area contributed by atoms with Crippen LogP contribution in [-0.2, 0) is 0 Å². The maximum absolute atomic E-state index is 6.57. The molecule has 3 heterocycles. The number of fused-ring (bicyclic) bond motifs is 8. The predicted octanol–water partition coefficient (Wildman–Crippen LogP) is 12.9. The first-order valence-electron chi connectivity index (χ1n) is 16.0. The molecule has 5 heteroatoms. The van der Waals surface area contributed by atoms with Crippen molar-refractivity contribution < 1.29 is 8.83 Å². The molecule has 4 nitrogen and oxygen atoms in total. The van der Waals surface area contributed by atoms with Crippen molar-refractivity contribution in [2.24, 2.45) is 0 Å². The highest BCUT2D eigenvalue weighted by Gasteiger charge is 2.21. The normalized spacial score (nSPS) is 11.8. The van der Waals surface area contributed by atoms with Crippen LogP contribution in [0.4, 0.5) is 17.1 Å². The molecule has 10 aromatic rings. The molecule has 0 spiro atoms. The Hall–Kier alpha value is -6.17. The fourth-order valence-corrected chi connectivity index (χ4v) is 8.07. The van der Waals surface area contributed by atoms with Gasteiger partial charge in [0.15, 0.2) is 5.58 Å². The van der Waals surface area contributed by atoms with Crippen molar-refractivity contribution in [3.8, 4) is 22.6 Å². The van der Waals surface area contributed by atoms with Crippen molar-refractivity contribution in [3.63, 3.8) is 0 Å². The molecule has 0 saturated heterocycles. The molecule has 7 aromatic carbocycles. The lowest BCUT2D eigenvalue weighted by Gasteiger charge is -2.26. The zero-order valence-corrected chi connectivity index (χ0v) is 26.4. The van der Waals surface area contributed by atoms with Gasteiger partial charge >= 0.3 is 0 Å². The molecule has 0 amide bonds. The third kappa shape index (κ3) is 4.18. The molecule has 0 N–H and O–H groups in total. The van der Waals surface area contributed by atoms with E-state index >= 15 is 0 Å². The van der Waals surface area contributed by atoms with Crippen LogP contribution in [-0.4, -0.2) is 4.98 Å². The van der Waals surface area contributed by atoms with Gasteiger partial charge in [-0.05, 0) is 72.3 Å². The number of nitrogens with zero attached hydrogens (tertiary/aromatic N) is 2. The van der Waals surface area contributed by atoms with Crippen molar-refractivity contribution in [3.05, 3.63) is 158 Å². The van der Waals surface area contributed by atoms with Gasteiger partial charge in [0, 0.05) is 48.1 Å². The summed E-state index contributed by atoms with van der Waals surface area (Å²) in [5.74, 6) is 0.605. The number of anilines is 3. The van der Waals surface area contributed by atoms with Gasteiger partial charge in [-0.1, -0.05) is 91.0 Å². The molecule has 0 bridgehead atoms. The second-order valence-electron chi connectivity index (χ2n) is 11.9. The van der Waals surface area contributed by atoms with Gasteiger partial charge in [-0.15, -0.1) is 11.3 Å². The summed E-state index contributed by atoms with van der Waals surface area (Å²) >= 11 is 1.84. The van der Waals surface area contributed by atoms with E-state index in [0.717, 1.165) is 66.8 Å². The third-order valence-electron chi connectivity index (χ3n) is 9.11. The van der Waals surface area contributed by atoms with E-state index in [1.807, 2.05) is 53.8 Å². The summed E-state index contributed by atoms with van der Waals surface area (Å²) in [5, 5.41) is 4.54. The second-order valence-corrected chi connectivity index (χ2v) is 13.0. The van der Waals surface area contributed by atoms with E-state index in [-0.39, 0.29) is 0 Å².